The van der Waals surface area contributed by atoms with Crippen molar-refractivity contribution in [3.63, 3.8) is 0 Å². The fourth-order valence-corrected chi connectivity index (χ4v) is 6.43. The molecule has 2 saturated carbocycles. The molecule has 0 radical (unpaired) electrons. The molecule has 0 unspecified atom stereocenters. The largest absolute Gasteiger partial charge is 0.396 e. The van der Waals surface area contributed by atoms with Gasteiger partial charge in [0.25, 0.3) is 0 Å². The number of halogens is 1. The zero-order valence-electron chi connectivity index (χ0n) is 17.8. The fourth-order valence-electron chi connectivity index (χ4n) is 6.43. The van der Waals surface area contributed by atoms with E-state index in [0.717, 1.165) is 43.0 Å². The van der Waals surface area contributed by atoms with Gasteiger partial charge in [-0.25, -0.2) is 9.18 Å². The Morgan fingerprint density at radius 2 is 1.90 bits per heavy atom. The summed E-state index contributed by atoms with van der Waals surface area (Å²) in [6.45, 7) is 2.54. The van der Waals surface area contributed by atoms with Crippen LogP contribution in [0.5, 0.6) is 0 Å². The van der Waals surface area contributed by atoms with Crippen molar-refractivity contribution in [3.8, 4) is 0 Å². The summed E-state index contributed by atoms with van der Waals surface area (Å²) < 4.78 is 16.5. The lowest BCUT2D eigenvalue weighted by molar-refractivity contribution is 0.0499. The molecule has 5 nitrogen and oxygen atoms in total. The highest BCUT2D eigenvalue weighted by Gasteiger charge is 2.50. The average Bonchev–Trinajstić information content (AvgIpc) is 3.49. The van der Waals surface area contributed by atoms with Gasteiger partial charge in [0.1, 0.15) is 6.67 Å². The Hall–Kier alpha value is -1.66. The summed E-state index contributed by atoms with van der Waals surface area (Å²) in [6, 6.07) is 7.63. The molecule has 3 aliphatic rings. The number of hydrogen-bond donors (Lipinski definition) is 1. The molecule has 164 valence electrons. The second-order valence-corrected chi connectivity index (χ2v) is 9.85. The number of para-hydroxylation sites is 2. The van der Waals surface area contributed by atoms with Gasteiger partial charge in [0.2, 0.25) is 0 Å². The Balaban J connectivity index is 1.38. The van der Waals surface area contributed by atoms with Gasteiger partial charge in [-0.3, -0.25) is 9.13 Å². The number of alkyl halides is 1. The zero-order chi connectivity index (χ0) is 20.7. The van der Waals surface area contributed by atoms with Crippen LogP contribution < -0.4 is 5.69 Å². The summed E-state index contributed by atoms with van der Waals surface area (Å²) >= 11 is 0. The van der Waals surface area contributed by atoms with Gasteiger partial charge in [-0.05, 0) is 55.6 Å². The number of aliphatic hydroxyl groups is 1. The van der Waals surface area contributed by atoms with Crippen LogP contribution in [0.1, 0.15) is 51.0 Å². The second-order valence-electron chi connectivity index (χ2n) is 9.85. The number of benzene rings is 1. The average molecular weight is 416 g/mol. The highest BCUT2D eigenvalue weighted by molar-refractivity contribution is 5.76. The molecule has 1 saturated heterocycles. The molecule has 1 N–H and O–H groups in total. The first-order valence-electron chi connectivity index (χ1n) is 11.8. The number of rotatable bonds is 6. The lowest BCUT2D eigenvalue weighted by Crippen LogP contribution is -2.47. The molecule has 1 spiro atoms. The summed E-state index contributed by atoms with van der Waals surface area (Å²) in [7, 11) is 0. The number of hydrogen-bond acceptors (Lipinski definition) is 3. The third kappa shape index (κ3) is 3.42. The lowest BCUT2D eigenvalue weighted by Gasteiger charge is -2.42. The highest BCUT2D eigenvalue weighted by Crippen LogP contribution is 2.59. The predicted octanol–water partition coefficient (Wildman–Crippen LogP) is 3.60. The lowest BCUT2D eigenvalue weighted by atomic mass is 9.75. The van der Waals surface area contributed by atoms with E-state index in [1.807, 2.05) is 28.8 Å². The molecule has 0 amide bonds. The standard InChI is InChI=1S/C24H34FN3O2/c25-12-14-27-21-6-1-2-7-22(21)28(23(27)30)20-8-13-26(15-18(20)17-29)16-19-5-3-4-9-24(19)10-11-24/h1-2,6-7,18-20,29H,3-5,8-17H2/t18-,19+,20+/m0/s1. The Bertz CT molecular complexity index is 948. The van der Waals surface area contributed by atoms with Gasteiger partial charge >= 0.3 is 5.69 Å². The molecule has 3 atom stereocenters. The molecule has 5 rings (SSSR count). The van der Waals surface area contributed by atoms with Crippen LogP contribution in [-0.4, -0.2) is 52.1 Å². The summed E-state index contributed by atoms with van der Waals surface area (Å²) in [6.07, 6.45) is 9.16. The van der Waals surface area contributed by atoms with E-state index in [0.29, 0.717) is 5.41 Å². The van der Waals surface area contributed by atoms with Crippen LogP contribution in [0.3, 0.4) is 0 Å². The molecule has 3 fully saturated rings. The van der Waals surface area contributed by atoms with E-state index in [1.54, 1.807) is 4.57 Å². The molecule has 30 heavy (non-hydrogen) atoms. The molecule has 2 heterocycles. The number of likely N-dealkylation sites (tertiary alicyclic amines) is 1. The van der Waals surface area contributed by atoms with Gasteiger partial charge in [-0.1, -0.05) is 25.0 Å². The molecular formula is C24H34FN3O2. The molecule has 1 aliphatic heterocycles. The topological polar surface area (TPSA) is 50.4 Å². The normalized spacial score (nSPS) is 28.9. The SMILES string of the molecule is O=c1n(CCF)c2ccccc2n1[C@@H]1CCN(C[C@H]2CCCCC23CC3)C[C@H]1CO. The van der Waals surface area contributed by atoms with E-state index >= 15 is 0 Å². The van der Waals surface area contributed by atoms with Crippen LogP contribution in [0.4, 0.5) is 4.39 Å². The van der Waals surface area contributed by atoms with Crippen LogP contribution in [0.25, 0.3) is 11.0 Å². The Morgan fingerprint density at radius 1 is 1.10 bits per heavy atom. The van der Waals surface area contributed by atoms with Crippen LogP contribution in [0.2, 0.25) is 0 Å². The van der Waals surface area contributed by atoms with Crippen LogP contribution in [-0.2, 0) is 6.54 Å². The van der Waals surface area contributed by atoms with Gasteiger partial charge in [0.05, 0.1) is 17.6 Å². The van der Waals surface area contributed by atoms with Crippen molar-refractivity contribution in [2.24, 2.45) is 17.3 Å². The number of aliphatic hydroxyl groups excluding tert-OH is 1. The molecule has 0 bridgehead atoms. The molecule has 6 heteroatoms. The van der Waals surface area contributed by atoms with Gasteiger partial charge < -0.3 is 10.0 Å². The van der Waals surface area contributed by atoms with Crippen LogP contribution >= 0.6 is 0 Å². The van der Waals surface area contributed by atoms with Crippen molar-refractivity contribution in [2.45, 2.75) is 57.5 Å². The zero-order valence-corrected chi connectivity index (χ0v) is 17.8. The maximum atomic E-state index is 13.2. The smallest absolute Gasteiger partial charge is 0.329 e. The van der Waals surface area contributed by atoms with Gasteiger partial charge in [0, 0.05) is 38.2 Å². The maximum absolute atomic E-state index is 13.2. The third-order valence-electron chi connectivity index (χ3n) is 8.24. The maximum Gasteiger partial charge on any atom is 0.329 e. The minimum Gasteiger partial charge on any atom is -0.396 e. The van der Waals surface area contributed by atoms with Gasteiger partial charge in [-0.2, -0.15) is 0 Å². The van der Waals surface area contributed by atoms with Crippen LogP contribution in [0, 0.1) is 17.3 Å². The highest BCUT2D eigenvalue weighted by atomic mass is 19.1. The first-order chi connectivity index (χ1) is 14.7. The first-order valence-corrected chi connectivity index (χ1v) is 11.8. The van der Waals surface area contributed by atoms with Crippen molar-refractivity contribution < 1.29 is 9.50 Å². The number of imidazole rings is 1. The van der Waals surface area contributed by atoms with E-state index in [-0.39, 0.29) is 30.8 Å². The minimum absolute atomic E-state index is 0.0276. The van der Waals surface area contributed by atoms with Crippen molar-refractivity contribution in [2.75, 3.05) is 32.9 Å². The summed E-state index contributed by atoms with van der Waals surface area (Å²) in [4.78, 5) is 15.7. The second kappa shape index (κ2) is 8.12. The van der Waals surface area contributed by atoms with Crippen LogP contribution in [0.15, 0.2) is 29.1 Å². The quantitative estimate of drug-likeness (QED) is 0.784. The van der Waals surface area contributed by atoms with E-state index in [1.165, 1.54) is 38.5 Å². The fraction of sp³-hybridized carbons (Fsp3) is 0.708. The van der Waals surface area contributed by atoms with E-state index < -0.39 is 6.67 Å². The molecule has 1 aromatic heterocycles. The van der Waals surface area contributed by atoms with Crippen molar-refractivity contribution in [1.82, 2.24) is 14.0 Å². The number of aromatic nitrogens is 2. The van der Waals surface area contributed by atoms with E-state index in [9.17, 15) is 14.3 Å². The Kier molecular flexibility index (Phi) is 5.48. The summed E-state index contributed by atoms with van der Waals surface area (Å²) in [5, 5.41) is 10.2. The Morgan fingerprint density at radius 3 is 2.63 bits per heavy atom. The minimum atomic E-state index is -0.557. The summed E-state index contributed by atoms with van der Waals surface area (Å²) in [5.41, 5.74) is 2.13. The predicted molar refractivity (Wildman–Crippen MR) is 116 cm³/mol. The molecule has 1 aromatic carbocycles. The number of nitrogens with zero attached hydrogens (tertiary/aromatic N) is 3. The van der Waals surface area contributed by atoms with Crippen molar-refractivity contribution in [1.29, 1.82) is 0 Å². The molecular weight excluding hydrogens is 381 g/mol. The third-order valence-corrected chi connectivity index (χ3v) is 8.24. The summed E-state index contributed by atoms with van der Waals surface area (Å²) in [5.74, 6) is 0.830. The number of fused-ring (bicyclic) bond motifs is 1. The van der Waals surface area contributed by atoms with E-state index in [4.69, 9.17) is 0 Å². The molecule has 2 aliphatic carbocycles. The number of aryl methyl sites for hydroxylation is 1. The molecule has 2 aromatic rings. The van der Waals surface area contributed by atoms with Gasteiger partial charge in [-0.15, -0.1) is 0 Å². The monoisotopic (exact) mass is 415 g/mol. The Labute approximate surface area is 177 Å². The first kappa shape index (κ1) is 20.3. The van der Waals surface area contributed by atoms with Gasteiger partial charge in [0.15, 0.2) is 0 Å². The number of piperidine rings is 1. The van der Waals surface area contributed by atoms with Crippen molar-refractivity contribution in [3.05, 3.63) is 34.7 Å². The van der Waals surface area contributed by atoms with Crippen molar-refractivity contribution >= 4 is 11.0 Å². The van der Waals surface area contributed by atoms with E-state index in [2.05, 4.69) is 4.90 Å².